The van der Waals surface area contributed by atoms with Gasteiger partial charge in [-0.1, -0.05) is 19.3 Å². The van der Waals surface area contributed by atoms with Crippen LogP contribution in [0.2, 0.25) is 0 Å². The molecule has 19 heavy (non-hydrogen) atoms. The molecule has 0 aromatic carbocycles. The minimum absolute atomic E-state index is 0.128. The Labute approximate surface area is 115 Å². The highest BCUT2D eigenvalue weighted by Gasteiger charge is 2.37. The highest BCUT2D eigenvalue weighted by Crippen LogP contribution is 2.28. The van der Waals surface area contributed by atoms with Crippen molar-refractivity contribution in [1.82, 2.24) is 9.80 Å². The van der Waals surface area contributed by atoms with Crippen molar-refractivity contribution in [3.05, 3.63) is 0 Å². The van der Waals surface area contributed by atoms with E-state index in [-0.39, 0.29) is 11.8 Å². The summed E-state index contributed by atoms with van der Waals surface area (Å²) in [7, 11) is 0. The quantitative estimate of drug-likeness (QED) is 0.766. The number of nitrogens with zero attached hydrogens (tertiary/aromatic N) is 2. The molecule has 1 aliphatic carbocycles. The van der Waals surface area contributed by atoms with Crippen molar-refractivity contribution in [1.29, 1.82) is 0 Å². The first-order valence-electron chi connectivity index (χ1n) is 7.91. The Morgan fingerprint density at radius 2 is 1.68 bits per heavy atom. The van der Waals surface area contributed by atoms with Crippen LogP contribution in [0.1, 0.15) is 44.9 Å². The number of halogens is 1. The highest BCUT2D eigenvalue weighted by molar-refractivity contribution is 5.80. The summed E-state index contributed by atoms with van der Waals surface area (Å²) >= 11 is 0. The van der Waals surface area contributed by atoms with E-state index in [1.807, 2.05) is 0 Å². The van der Waals surface area contributed by atoms with E-state index in [2.05, 4.69) is 4.90 Å². The smallest absolute Gasteiger partial charge is 0.227 e. The lowest BCUT2D eigenvalue weighted by Gasteiger charge is -2.42. The summed E-state index contributed by atoms with van der Waals surface area (Å²) in [4.78, 5) is 16.5. The van der Waals surface area contributed by atoms with Crippen LogP contribution >= 0.6 is 0 Å². The third-order valence-electron chi connectivity index (χ3n) is 5.04. The fraction of sp³-hybridized carbons (Fsp3) is 0.933. The normalized spacial score (nSPS) is 31.2. The fourth-order valence-corrected chi connectivity index (χ4v) is 3.85. The molecule has 3 fully saturated rings. The van der Waals surface area contributed by atoms with E-state index in [9.17, 15) is 9.18 Å². The van der Waals surface area contributed by atoms with Crippen molar-refractivity contribution in [2.45, 2.75) is 57.2 Å². The molecule has 4 heteroatoms. The minimum atomic E-state index is -0.776. The third-order valence-corrected chi connectivity index (χ3v) is 5.04. The number of likely N-dealkylation sites (tertiary alicyclic amines) is 2. The van der Waals surface area contributed by atoms with Gasteiger partial charge in [0.05, 0.1) is 19.0 Å². The Balaban J connectivity index is 1.53. The van der Waals surface area contributed by atoms with Crippen molar-refractivity contribution in [2.75, 3.05) is 26.2 Å². The Kier molecular flexibility index (Phi) is 4.06. The zero-order valence-electron chi connectivity index (χ0n) is 11.7. The highest BCUT2D eigenvalue weighted by atomic mass is 19.1. The largest absolute Gasteiger partial charge is 0.336 e. The van der Waals surface area contributed by atoms with Crippen LogP contribution in [-0.2, 0) is 4.79 Å². The second-order valence-electron chi connectivity index (χ2n) is 6.47. The van der Waals surface area contributed by atoms with Crippen LogP contribution in [-0.4, -0.2) is 54.1 Å². The van der Waals surface area contributed by atoms with E-state index in [4.69, 9.17) is 0 Å². The average Bonchev–Trinajstić information content (AvgIpc) is 2.44. The number of rotatable bonds is 2. The summed E-state index contributed by atoms with van der Waals surface area (Å²) in [5.41, 5.74) is 0. The SMILES string of the molecule is O=C(C1CCCN(C2CCCCC2)C1)N1CC(F)C1. The number of alkyl halides is 1. The van der Waals surface area contributed by atoms with Crippen LogP contribution in [0.4, 0.5) is 4.39 Å². The lowest BCUT2D eigenvalue weighted by molar-refractivity contribution is -0.145. The zero-order chi connectivity index (χ0) is 13.2. The Morgan fingerprint density at radius 3 is 2.37 bits per heavy atom. The van der Waals surface area contributed by atoms with E-state index in [0.717, 1.165) is 25.9 Å². The lowest BCUT2D eigenvalue weighted by Crippen LogP contribution is -2.56. The Morgan fingerprint density at radius 1 is 0.947 bits per heavy atom. The standard InChI is InChI=1S/C15H25FN2O/c16-13-10-18(11-13)15(19)12-5-4-8-17(9-12)14-6-2-1-3-7-14/h12-14H,1-11H2. The summed E-state index contributed by atoms with van der Waals surface area (Å²) in [6, 6.07) is 0.703. The summed E-state index contributed by atoms with van der Waals surface area (Å²) in [5.74, 6) is 0.331. The first-order valence-corrected chi connectivity index (χ1v) is 7.91. The van der Waals surface area contributed by atoms with Gasteiger partial charge in [-0.25, -0.2) is 4.39 Å². The third kappa shape index (κ3) is 2.93. The molecule has 2 heterocycles. The molecule has 0 spiro atoms. The number of hydrogen-bond acceptors (Lipinski definition) is 2. The maximum atomic E-state index is 12.9. The molecule has 1 unspecified atom stereocenters. The van der Waals surface area contributed by atoms with Crippen LogP contribution in [0, 0.1) is 5.92 Å². The van der Waals surface area contributed by atoms with E-state index >= 15 is 0 Å². The number of piperidine rings is 1. The molecule has 3 aliphatic rings. The number of amides is 1. The first-order chi connectivity index (χ1) is 9.24. The second kappa shape index (κ2) is 5.78. The van der Waals surface area contributed by atoms with Crippen molar-refractivity contribution < 1.29 is 9.18 Å². The summed E-state index contributed by atoms with van der Waals surface area (Å²) in [6.07, 6.45) is 8.01. The van der Waals surface area contributed by atoms with Gasteiger partial charge in [-0.2, -0.15) is 0 Å². The molecule has 2 saturated heterocycles. The molecule has 1 saturated carbocycles. The van der Waals surface area contributed by atoms with Gasteiger partial charge in [-0.05, 0) is 32.2 Å². The van der Waals surface area contributed by atoms with Gasteiger partial charge in [0.25, 0.3) is 0 Å². The molecular weight excluding hydrogens is 243 g/mol. The molecule has 2 aliphatic heterocycles. The molecule has 0 aromatic rings. The minimum Gasteiger partial charge on any atom is -0.336 e. The molecular formula is C15H25FN2O. The van der Waals surface area contributed by atoms with Gasteiger partial charge in [0.1, 0.15) is 6.17 Å². The van der Waals surface area contributed by atoms with Gasteiger partial charge in [0.15, 0.2) is 0 Å². The Hall–Kier alpha value is -0.640. The topological polar surface area (TPSA) is 23.6 Å². The van der Waals surface area contributed by atoms with Crippen LogP contribution in [0.15, 0.2) is 0 Å². The molecule has 3 nitrogen and oxygen atoms in total. The lowest BCUT2D eigenvalue weighted by atomic mass is 9.89. The number of carbonyl (C=O) groups excluding carboxylic acids is 1. The van der Waals surface area contributed by atoms with Crippen molar-refractivity contribution in [2.24, 2.45) is 5.92 Å². The summed E-state index contributed by atoms with van der Waals surface area (Å²) in [5, 5.41) is 0. The molecule has 0 aromatic heterocycles. The van der Waals surface area contributed by atoms with Crippen molar-refractivity contribution >= 4 is 5.91 Å². The van der Waals surface area contributed by atoms with Crippen LogP contribution < -0.4 is 0 Å². The summed E-state index contributed by atoms with van der Waals surface area (Å²) < 4.78 is 12.9. The monoisotopic (exact) mass is 268 g/mol. The number of carbonyl (C=O) groups is 1. The zero-order valence-corrected chi connectivity index (χ0v) is 11.7. The predicted molar refractivity (Wildman–Crippen MR) is 72.6 cm³/mol. The van der Waals surface area contributed by atoms with E-state index in [1.54, 1.807) is 4.90 Å². The van der Waals surface area contributed by atoms with E-state index in [0.29, 0.717) is 19.1 Å². The van der Waals surface area contributed by atoms with Crippen molar-refractivity contribution in [3.8, 4) is 0 Å². The maximum Gasteiger partial charge on any atom is 0.227 e. The number of hydrogen-bond donors (Lipinski definition) is 0. The molecule has 0 N–H and O–H groups in total. The maximum absolute atomic E-state index is 12.9. The predicted octanol–water partition coefficient (Wildman–Crippen LogP) is 2.21. The van der Waals surface area contributed by atoms with Crippen LogP contribution in [0.25, 0.3) is 0 Å². The molecule has 1 atom stereocenters. The molecule has 1 amide bonds. The van der Waals surface area contributed by atoms with E-state index in [1.165, 1.54) is 32.1 Å². The first kappa shape index (κ1) is 13.3. The van der Waals surface area contributed by atoms with Gasteiger partial charge in [-0.15, -0.1) is 0 Å². The van der Waals surface area contributed by atoms with Crippen LogP contribution in [0.3, 0.4) is 0 Å². The summed E-state index contributed by atoms with van der Waals surface area (Å²) in [6.45, 7) is 2.73. The van der Waals surface area contributed by atoms with Crippen LogP contribution in [0.5, 0.6) is 0 Å². The second-order valence-corrected chi connectivity index (χ2v) is 6.47. The fourth-order valence-electron chi connectivity index (χ4n) is 3.85. The van der Waals surface area contributed by atoms with Gasteiger partial charge in [0.2, 0.25) is 5.91 Å². The van der Waals surface area contributed by atoms with E-state index < -0.39 is 6.17 Å². The average molecular weight is 268 g/mol. The molecule has 108 valence electrons. The molecule has 3 rings (SSSR count). The van der Waals surface area contributed by atoms with Gasteiger partial charge in [0, 0.05) is 12.6 Å². The van der Waals surface area contributed by atoms with Crippen molar-refractivity contribution in [3.63, 3.8) is 0 Å². The van der Waals surface area contributed by atoms with Gasteiger partial charge < -0.3 is 4.90 Å². The van der Waals surface area contributed by atoms with Gasteiger partial charge >= 0.3 is 0 Å². The Bertz CT molecular complexity index is 324. The van der Waals surface area contributed by atoms with Gasteiger partial charge in [-0.3, -0.25) is 9.69 Å². The molecule has 0 radical (unpaired) electrons. The molecule has 0 bridgehead atoms.